The zero-order chi connectivity index (χ0) is 8.27. The van der Waals surface area contributed by atoms with E-state index in [2.05, 4.69) is 5.10 Å². The van der Waals surface area contributed by atoms with Crippen LogP contribution in [0.15, 0.2) is 12.4 Å². The highest BCUT2D eigenvalue weighted by Gasteiger charge is 2.02. The molecule has 0 saturated heterocycles. The van der Waals surface area contributed by atoms with E-state index in [0.29, 0.717) is 6.42 Å². The quantitative estimate of drug-likeness (QED) is 0.690. The zero-order valence-electron chi connectivity index (χ0n) is 6.97. The summed E-state index contributed by atoms with van der Waals surface area (Å²) in [6, 6.07) is -0.167. The van der Waals surface area contributed by atoms with Gasteiger partial charge >= 0.3 is 0 Å². The van der Waals surface area contributed by atoms with Crippen LogP contribution in [0.5, 0.6) is 0 Å². The molecule has 1 rings (SSSR count). The lowest BCUT2D eigenvalue weighted by Gasteiger charge is -2.03. The predicted octanol–water partition coefficient (Wildman–Crippen LogP) is -0.296. The summed E-state index contributed by atoms with van der Waals surface area (Å²) >= 11 is 0. The molecule has 0 aliphatic heterocycles. The average Bonchev–Trinajstić information content (AvgIpc) is 2.35. The lowest BCUT2D eigenvalue weighted by atomic mass is 10.1. The maximum Gasteiger partial charge on any atom is 0.0585 e. The van der Waals surface area contributed by atoms with Crippen LogP contribution in [0.2, 0.25) is 0 Å². The summed E-state index contributed by atoms with van der Waals surface area (Å²) < 4.78 is 1.72. The molecule has 1 unspecified atom stereocenters. The van der Waals surface area contributed by atoms with Crippen LogP contribution in [0, 0.1) is 0 Å². The summed E-state index contributed by atoms with van der Waals surface area (Å²) in [6.45, 7) is 0.0227. The minimum atomic E-state index is -0.167. The predicted molar refractivity (Wildman–Crippen MR) is 49.2 cm³/mol. The van der Waals surface area contributed by atoms with Gasteiger partial charge in [0.15, 0.2) is 0 Å². The Balaban J connectivity index is 0.00000121. The van der Waals surface area contributed by atoms with Gasteiger partial charge in [-0.05, 0) is 12.0 Å². The monoisotopic (exact) mass is 191 g/mol. The van der Waals surface area contributed by atoms with Crippen molar-refractivity contribution >= 4 is 12.4 Å². The molecule has 0 fully saturated rings. The van der Waals surface area contributed by atoms with Crippen LogP contribution in [-0.2, 0) is 13.5 Å². The highest BCUT2D eigenvalue weighted by atomic mass is 35.5. The Kier molecular flexibility index (Phi) is 4.89. The Hall–Kier alpha value is -0.580. The normalized spacial score (nSPS) is 12.2. The van der Waals surface area contributed by atoms with Gasteiger partial charge in [0.1, 0.15) is 0 Å². The molecule has 1 aromatic rings. The lowest BCUT2D eigenvalue weighted by molar-refractivity contribution is 0.265. The summed E-state index contributed by atoms with van der Waals surface area (Å²) in [5.74, 6) is 0. The van der Waals surface area contributed by atoms with Gasteiger partial charge in [0.2, 0.25) is 0 Å². The second-order valence-electron chi connectivity index (χ2n) is 2.67. The maximum absolute atomic E-state index is 8.65. The van der Waals surface area contributed by atoms with Crippen molar-refractivity contribution in [2.75, 3.05) is 6.61 Å². The fourth-order valence-electron chi connectivity index (χ4n) is 0.945. The molecule has 3 N–H and O–H groups in total. The Morgan fingerprint density at radius 1 is 1.75 bits per heavy atom. The van der Waals surface area contributed by atoms with E-state index in [1.807, 2.05) is 13.2 Å². The molecule has 0 aliphatic carbocycles. The third-order valence-corrected chi connectivity index (χ3v) is 1.49. The molecule has 0 aliphatic rings. The molecule has 12 heavy (non-hydrogen) atoms. The Bertz CT molecular complexity index is 226. The first kappa shape index (κ1) is 11.4. The topological polar surface area (TPSA) is 64.1 Å². The Morgan fingerprint density at radius 2 is 2.42 bits per heavy atom. The van der Waals surface area contributed by atoms with Gasteiger partial charge in [-0.1, -0.05) is 0 Å². The number of aliphatic hydroxyl groups is 1. The zero-order valence-corrected chi connectivity index (χ0v) is 7.79. The van der Waals surface area contributed by atoms with Gasteiger partial charge in [0.05, 0.1) is 12.8 Å². The van der Waals surface area contributed by atoms with E-state index in [-0.39, 0.29) is 25.1 Å². The molecule has 0 aromatic carbocycles. The second-order valence-corrected chi connectivity index (χ2v) is 2.67. The van der Waals surface area contributed by atoms with Crippen molar-refractivity contribution in [3.05, 3.63) is 18.0 Å². The van der Waals surface area contributed by atoms with E-state index in [9.17, 15) is 0 Å². The molecule has 1 atom stereocenters. The first-order valence-corrected chi connectivity index (χ1v) is 3.56. The molecule has 70 valence electrons. The van der Waals surface area contributed by atoms with Crippen LogP contribution in [0.4, 0.5) is 0 Å². The molecule has 0 saturated carbocycles. The van der Waals surface area contributed by atoms with Crippen LogP contribution in [0.1, 0.15) is 5.56 Å². The number of aromatic nitrogens is 2. The number of aliphatic hydroxyl groups excluding tert-OH is 1. The van der Waals surface area contributed by atoms with Crippen LogP contribution >= 0.6 is 12.4 Å². The minimum absolute atomic E-state index is 0. The molecular formula is C7H14ClN3O. The van der Waals surface area contributed by atoms with Crippen molar-refractivity contribution in [1.29, 1.82) is 0 Å². The van der Waals surface area contributed by atoms with E-state index >= 15 is 0 Å². The molecule has 1 heterocycles. The summed E-state index contributed by atoms with van der Waals surface area (Å²) in [6.07, 6.45) is 4.34. The van der Waals surface area contributed by atoms with Crippen LogP contribution in [-0.4, -0.2) is 27.5 Å². The molecule has 0 spiro atoms. The number of hydrogen-bond donors (Lipinski definition) is 2. The summed E-state index contributed by atoms with van der Waals surface area (Å²) in [4.78, 5) is 0. The first-order chi connectivity index (χ1) is 5.22. The highest BCUT2D eigenvalue weighted by molar-refractivity contribution is 5.85. The van der Waals surface area contributed by atoms with Crippen molar-refractivity contribution < 1.29 is 5.11 Å². The number of nitrogens with two attached hydrogens (primary N) is 1. The molecule has 0 bridgehead atoms. The van der Waals surface area contributed by atoms with E-state index < -0.39 is 0 Å². The van der Waals surface area contributed by atoms with Crippen molar-refractivity contribution in [2.45, 2.75) is 12.5 Å². The van der Waals surface area contributed by atoms with Gasteiger partial charge in [0, 0.05) is 19.3 Å². The SMILES string of the molecule is Cl.Cn1cc(CC(N)CO)cn1. The Morgan fingerprint density at radius 3 is 2.83 bits per heavy atom. The summed E-state index contributed by atoms with van der Waals surface area (Å²) in [7, 11) is 1.86. The van der Waals surface area contributed by atoms with Crippen molar-refractivity contribution in [3.63, 3.8) is 0 Å². The number of halogens is 1. The van der Waals surface area contributed by atoms with Crippen LogP contribution in [0.25, 0.3) is 0 Å². The second kappa shape index (κ2) is 5.13. The molecule has 0 amide bonds. The molecule has 1 aromatic heterocycles. The van der Waals surface area contributed by atoms with Gasteiger partial charge in [0.25, 0.3) is 0 Å². The smallest absolute Gasteiger partial charge is 0.0585 e. The van der Waals surface area contributed by atoms with Gasteiger partial charge in [-0.25, -0.2) is 0 Å². The fourth-order valence-corrected chi connectivity index (χ4v) is 0.945. The molecule has 4 nitrogen and oxygen atoms in total. The largest absolute Gasteiger partial charge is 0.395 e. The van der Waals surface area contributed by atoms with E-state index in [1.54, 1.807) is 10.9 Å². The maximum atomic E-state index is 8.65. The molecule has 0 radical (unpaired) electrons. The lowest BCUT2D eigenvalue weighted by Crippen LogP contribution is -2.26. The fraction of sp³-hybridized carbons (Fsp3) is 0.571. The van der Waals surface area contributed by atoms with Gasteiger partial charge < -0.3 is 10.8 Å². The van der Waals surface area contributed by atoms with Crippen LogP contribution < -0.4 is 5.73 Å². The first-order valence-electron chi connectivity index (χ1n) is 3.56. The average molecular weight is 192 g/mol. The standard InChI is InChI=1S/C7H13N3O.ClH/c1-10-4-6(3-9-10)2-7(8)5-11;/h3-4,7,11H,2,5,8H2,1H3;1H. The number of hydrogen-bond acceptors (Lipinski definition) is 3. The third kappa shape index (κ3) is 3.21. The van der Waals surface area contributed by atoms with Gasteiger partial charge in [-0.3, -0.25) is 4.68 Å². The molecular weight excluding hydrogens is 178 g/mol. The summed E-state index contributed by atoms with van der Waals surface area (Å²) in [5.41, 5.74) is 6.59. The van der Waals surface area contributed by atoms with Crippen LogP contribution in [0.3, 0.4) is 0 Å². The van der Waals surface area contributed by atoms with Crippen molar-refractivity contribution in [1.82, 2.24) is 9.78 Å². The Labute approximate surface area is 77.8 Å². The van der Waals surface area contributed by atoms with E-state index in [4.69, 9.17) is 10.8 Å². The van der Waals surface area contributed by atoms with Crippen molar-refractivity contribution in [3.8, 4) is 0 Å². The number of aryl methyl sites for hydroxylation is 1. The van der Waals surface area contributed by atoms with Gasteiger partial charge in [-0.2, -0.15) is 5.10 Å². The highest BCUT2D eigenvalue weighted by Crippen LogP contribution is 1.99. The van der Waals surface area contributed by atoms with Crippen molar-refractivity contribution in [2.24, 2.45) is 12.8 Å². The third-order valence-electron chi connectivity index (χ3n) is 1.49. The summed E-state index contributed by atoms with van der Waals surface area (Å²) in [5, 5.41) is 12.6. The molecule has 5 heteroatoms. The minimum Gasteiger partial charge on any atom is -0.395 e. The van der Waals surface area contributed by atoms with E-state index in [1.165, 1.54) is 0 Å². The number of nitrogens with zero attached hydrogens (tertiary/aromatic N) is 2. The van der Waals surface area contributed by atoms with E-state index in [0.717, 1.165) is 5.56 Å². The van der Waals surface area contributed by atoms with Gasteiger partial charge in [-0.15, -0.1) is 12.4 Å². The number of rotatable bonds is 3.